The molecule has 8 nitrogen and oxygen atoms in total. The highest BCUT2D eigenvalue weighted by Gasteiger charge is 2.40. The monoisotopic (exact) mass is 214 g/mol. The molecule has 1 heterocycles. The van der Waals surface area contributed by atoms with E-state index in [-0.39, 0.29) is 11.9 Å². The maximum atomic E-state index is 5.52. The highest BCUT2D eigenvalue weighted by atomic mass is 15.6. The minimum absolute atomic E-state index is 0.0660. The van der Waals surface area contributed by atoms with Gasteiger partial charge in [0.2, 0.25) is 0 Å². The quantitative estimate of drug-likeness (QED) is 0.120. The van der Waals surface area contributed by atoms with Crippen molar-refractivity contribution >= 4 is 17.6 Å². The van der Waals surface area contributed by atoms with Crippen LogP contribution in [-0.2, 0) is 0 Å². The summed E-state index contributed by atoms with van der Waals surface area (Å²) in [5.74, 6) is 0.176. The molecule has 0 aromatic heterocycles. The van der Waals surface area contributed by atoms with E-state index < -0.39 is 5.66 Å². The molecule has 1 aliphatic heterocycles. The van der Waals surface area contributed by atoms with E-state index in [9.17, 15) is 0 Å². The summed E-state index contributed by atoms with van der Waals surface area (Å²) < 4.78 is 1.48. The zero-order valence-corrected chi connectivity index (χ0v) is 8.91. The molecule has 0 bridgehead atoms. The standard InChI is InChI=1S/C7H16N8/c1-4-3-7(2,14-12-5(8)9)15(13-4)6(10)11/h14H,3H2,1-2H3,(H7,8,9,10,11,12)/p+2. The van der Waals surface area contributed by atoms with Crippen LogP contribution in [0.4, 0.5) is 0 Å². The number of hydrazine groups is 1. The normalized spacial score (nSPS) is 24.9. The smallest absolute Gasteiger partial charge is 0.290 e. The van der Waals surface area contributed by atoms with Gasteiger partial charge in [-0.3, -0.25) is 22.6 Å². The number of nitrogens with zero attached hydrogens (tertiary/aromatic N) is 2. The van der Waals surface area contributed by atoms with Crippen molar-refractivity contribution in [1.82, 2.24) is 10.9 Å². The Bertz CT molecular complexity index is 339. The highest BCUT2D eigenvalue weighted by molar-refractivity contribution is 5.84. The van der Waals surface area contributed by atoms with Gasteiger partial charge in [0.25, 0.3) is 0 Å². The Morgan fingerprint density at radius 2 is 2.13 bits per heavy atom. The fraction of sp³-hybridized carbons (Fsp3) is 0.571. The van der Waals surface area contributed by atoms with Gasteiger partial charge in [-0.2, -0.15) is 0 Å². The van der Waals surface area contributed by atoms with Crippen molar-refractivity contribution < 1.29 is 10.1 Å². The Labute approximate surface area is 87.7 Å². The lowest BCUT2D eigenvalue weighted by Gasteiger charge is -2.22. The maximum absolute atomic E-state index is 5.52. The molecule has 0 aromatic carbocycles. The number of rotatable bonds is 2. The average Bonchev–Trinajstić information content (AvgIpc) is 2.39. The third-order valence-corrected chi connectivity index (χ3v) is 2.06. The van der Waals surface area contributed by atoms with Gasteiger partial charge in [0.05, 0.1) is 5.71 Å². The van der Waals surface area contributed by atoms with Crippen molar-refractivity contribution in [3.05, 3.63) is 0 Å². The summed E-state index contributed by atoms with van der Waals surface area (Å²) in [6.07, 6.45) is 0.658. The number of hydrogen-bond acceptors (Lipinski definition) is 2. The molecule has 0 spiro atoms. The molecule has 0 saturated heterocycles. The SMILES string of the molecule is CC1=N[N+](=C(N)N)C(C)(NNC(N)=[NH2+])C1. The van der Waals surface area contributed by atoms with Crippen molar-refractivity contribution in [3.63, 3.8) is 0 Å². The van der Waals surface area contributed by atoms with Gasteiger partial charge in [-0.25, -0.2) is 5.43 Å². The molecule has 0 saturated carbocycles. The van der Waals surface area contributed by atoms with Crippen LogP contribution in [-0.4, -0.2) is 28.0 Å². The van der Waals surface area contributed by atoms with Gasteiger partial charge in [0.15, 0.2) is 5.66 Å². The summed E-state index contributed by atoms with van der Waals surface area (Å²) in [5, 5.41) is 9.47. The van der Waals surface area contributed by atoms with E-state index in [1.165, 1.54) is 4.68 Å². The van der Waals surface area contributed by atoms with E-state index in [0.29, 0.717) is 6.42 Å². The first kappa shape index (κ1) is 11.2. The summed E-state index contributed by atoms with van der Waals surface area (Å²) in [6.45, 7) is 3.76. The minimum Gasteiger partial charge on any atom is -0.290 e. The Morgan fingerprint density at radius 1 is 1.53 bits per heavy atom. The van der Waals surface area contributed by atoms with Crippen LogP contribution in [0.5, 0.6) is 0 Å². The van der Waals surface area contributed by atoms with Gasteiger partial charge in [0, 0.05) is 6.42 Å². The van der Waals surface area contributed by atoms with E-state index in [1.54, 1.807) is 0 Å². The lowest BCUT2D eigenvalue weighted by atomic mass is 10.1. The second-order valence-electron chi connectivity index (χ2n) is 3.73. The van der Waals surface area contributed by atoms with Crippen molar-refractivity contribution in [1.29, 1.82) is 0 Å². The van der Waals surface area contributed by atoms with E-state index in [0.717, 1.165) is 5.71 Å². The molecule has 1 aliphatic rings. The molecule has 1 atom stereocenters. The second kappa shape index (κ2) is 3.73. The van der Waals surface area contributed by atoms with Gasteiger partial charge in [-0.15, -0.1) is 15.2 Å². The molecule has 0 radical (unpaired) electrons. The Balaban J connectivity index is 2.86. The van der Waals surface area contributed by atoms with Crippen molar-refractivity contribution in [3.8, 4) is 0 Å². The van der Waals surface area contributed by atoms with Crippen LogP contribution < -0.4 is 33.5 Å². The summed E-state index contributed by atoms with van der Waals surface area (Å²) in [4.78, 5) is 0. The molecular formula is C7H18N8+2. The van der Waals surface area contributed by atoms with Crippen molar-refractivity contribution in [2.75, 3.05) is 0 Å². The zero-order valence-electron chi connectivity index (χ0n) is 8.91. The van der Waals surface area contributed by atoms with E-state index in [2.05, 4.69) is 16.0 Å². The van der Waals surface area contributed by atoms with Gasteiger partial charge in [-0.05, 0) is 13.8 Å². The second-order valence-corrected chi connectivity index (χ2v) is 3.73. The van der Waals surface area contributed by atoms with E-state index in [1.807, 2.05) is 13.8 Å². The third-order valence-electron chi connectivity index (χ3n) is 2.06. The van der Waals surface area contributed by atoms with Crippen LogP contribution in [0.2, 0.25) is 0 Å². The first-order valence-corrected chi connectivity index (χ1v) is 4.48. The molecule has 0 amide bonds. The molecule has 0 aromatic rings. The number of nitrogens with one attached hydrogen (secondary N) is 2. The van der Waals surface area contributed by atoms with Crippen molar-refractivity contribution in [2.24, 2.45) is 22.3 Å². The number of hydrogen-bond donors (Lipinski definition) is 6. The summed E-state index contributed by atoms with van der Waals surface area (Å²) in [7, 11) is 0. The highest BCUT2D eigenvalue weighted by Crippen LogP contribution is 2.18. The maximum Gasteiger partial charge on any atom is 0.367 e. The lowest BCUT2D eigenvalue weighted by molar-refractivity contribution is -0.610. The van der Waals surface area contributed by atoms with Crippen LogP contribution >= 0.6 is 0 Å². The molecule has 1 unspecified atom stereocenters. The molecule has 0 aliphatic carbocycles. The van der Waals surface area contributed by atoms with E-state index >= 15 is 0 Å². The molecule has 84 valence electrons. The molecule has 0 fully saturated rings. The fourth-order valence-corrected chi connectivity index (χ4v) is 1.54. The average molecular weight is 214 g/mol. The molecule has 8 heteroatoms. The molecule has 1 rings (SSSR count). The Morgan fingerprint density at radius 3 is 2.60 bits per heavy atom. The molecule has 15 heavy (non-hydrogen) atoms. The van der Waals surface area contributed by atoms with Gasteiger partial charge >= 0.3 is 11.9 Å². The van der Waals surface area contributed by atoms with Gasteiger partial charge < -0.3 is 0 Å². The lowest BCUT2D eigenvalue weighted by Crippen LogP contribution is -2.65. The fourth-order valence-electron chi connectivity index (χ4n) is 1.54. The third kappa shape index (κ3) is 2.34. The first-order chi connectivity index (χ1) is 6.85. The Hall–Kier alpha value is -1.83. The summed E-state index contributed by atoms with van der Waals surface area (Å²) in [6, 6.07) is 0. The summed E-state index contributed by atoms with van der Waals surface area (Å²) in [5.41, 5.74) is 22.2. The molecule has 10 N–H and O–H groups in total. The van der Waals surface area contributed by atoms with Crippen LogP contribution in [0.1, 0.15) is 20.3 Å². The van der Waals surface area contributed by atoms with Gasteiger partial charge in [0.1, 0.15) is 0 Å². The number of nitrogens with two attached hydrogens (primary N) is 4. The van der Waals surface area contributed by atoms with Gasteiger partial charge in [-0.1, -0.05) is 0 Å². The zero-order chi connectivity index (χ0) is 11.6. The predicted octanol–water partition coefficient (Wildman–Crippen LogP) is -4.06. The van der Waals surface area contributed by atoms with E-state index in [4.69, 9.17) is 22.6 Å². The largest absolute Gasteiger partial charge is 0.367 e. The van der Waals surface area contributed by atoms with Crippen LogP contribution in [0.3, 0.4) is 0 Å². The minimum atomic E-state index is -0.563. The van der Waals surface area contributed by atoms with Crippen molar-refractivity contribution in [2.45, 2.75) is 25.9 Å². The topological polar surface area (TPSA) is 143 Å². The summed E-state index contributed by atoms with van der Waals surface area (Å²) >= 11 is 0. The van der Waals surface area contributed by atoms with Crippen LogP contribution in [0.25, 0.3) is 0 Å². The van der Waals surface area contributed by atoms with Crippen LogP contribution in [0, 0.1) is 0 Å². The number of hydrazone groups is 1. The Kier molecular flexibility index (Phi) is 2.80. The molecular weight excluding hydrogens is 196 g/mol. The number of guanidine groups is 2. The predicted molar refractivity (Wildman–Crippen MR) is 57.2 cm³/mol. The van der Waals surface area contributed by atoms with Crippen LogP contribution in [0.15, 0.2) is 5.10 Å². The first-order valence-electron chi connectivity index (χ1n) is 4.48.